The fourth-order valence-corrected chi connectivity index (χ4v) is 2.81. The SMILES string of the molecule is CC1(C)[C@@H](CN)[C@@H]1c1cc(Br)cnc1F. The maximum absolute atomic E-state index is 13.5. The molecule has 82 valence electrons. The van der Waals surface area contributed by atoms with Gasteiger partial charge in [-0.1, -0.05) is 13.8 Å². The first-order chi connectivity index (χ1) is 6.98. The van der Waals surface area contributed by atoms with Crippen LogP contribution in [0.1, 0.15) is 25.3 Å². The molecule has 1 saturated carbocycles. The second-order valence-corrected chi connectivity index (χ2v) is 5.59. The lowest BCUT2D eigenvalue weighted by atomic mass is 10.0. The van der Waals surface area contributed by atoms with E-state index in [1.165, 1.54) is 6.20 Å². The van der Waals surface area contributed by atoms with E-state index in [0.29, 0.717) is 18.0 Å². The molecule has 0 aliphatic heterocycles. The highest BCUT2D eigenvalue weighted by molar-refractivity contribution is 9.10. The molecular weight excluding hydrogens is 259 g/mol. The summed E-state index contributed by atoms with van der Waals surface area (Å²) < 4.78 is 14.4. The number of rotatable bonds is 2. The highest BCUT2D eigenvalue weighted by atomic mass is 79.9. The normalized spacial score (nSPS) is 27.8. The van der Waals surface area contributed by atoms with Crippen LogP contribution in [0.15, 0.2) is 16.7 Å². The maximum atomic E-state index is 13.5. The van der Waals surface area contributed by atoms with Gasteiger partial charge in [-0.25, -0.2) is 4.98 Å². The van der Waals surface area contributed by atoms with Gasteiger partial charge in [0.2, 0.25) is 5.95 Å². The van der Waals surface area contributed by atoms with Gasteiger partial charge in [0.05, 0.1) is 0 Å². The second-order valence-electron chi connectivity index (χ2n) is 4.67. The number of halogens is 2. The minimum atomic E-state index is -0.368. The van der Waals surface area contributed by atoms with Crippen LogP contribution in [0.5, 0.6) is 0 Å². The Labute approximate surface area is 97.2 Å². The Hall–Kier alpha value is -0.480. The second kappa shape index (κ2) is 3.52. The molecule has 1 heterocycles. The molecule has 0 amide bonds. The van der Waals surface area contributed by atoms with Crippen molar-refractivity contribution in [2.24, 2.45) is 17.1 Å². The van der Waals surface area contributed by atoms with Crippen molar-refractivity contribution in [3.8, 4) is 0 Å². The molecule has 1 aromatic rings. The molecule has 1 aliphatic rings. The lowest BCUT2D eigenvalue weighted by Crippen LogP contribution is -2.05. The molecule has 1 aromatic heterocycles. The molecule has 0 aromatic carbocycles. The Morgan fingerprint density at radius 3 is 2.80 bits per heavy atom. The zero-order valence-electron chi connectivity index (χ0n) is 8.80. The van der Waals surface area contributed by atoms with Crippen molar-refractivity contribution in [3.05, 3.63) is 28.2 Å². The highest BCUT2D eigenvalue weighted by Crippen LogP contribution is 2.64. The zero-order valence-corrected chi connectivity index (χ0v) is 10.4. The summed E-state index contributed by atoms with van der Waals surface area (Å²) in [5, 5.41) is 0. The summed E-state index contributed by atoms with van der Waals surface area (Å²) in [6, 6.07) is 1.81. The van der Waals surface area contributed by atoms with Gasteiger partial charge in [-0.2, -0.15) is 4.39 Å². The van der Waals surface area contributed by atoms with E-state index in [9.17, 15) is 4.39 Å². The summed E-state index contributed by atoms with van der Waals surface area (Å²) in [7, 11) is 0. The van der Waals surface area contributed by atoms with Gasteiger partial charge in [-0.15, -0.1) is 0 Å². The summed E-state index contributed by atoms with van der Waals surface area (Å²) in [6.45, 7) is 4.84. The van der Waals surface area contributed by atoms with Gasteiger partial charge in [-0.3, -0.25) is 0 Å². The molecule has 2 rings (SSSR count). The first-order valence-electron chi connectivity index (χ1n) is 4.99. The van der Waals surface area contributed by atoms with Crippen LogP contribution in [0.2, 0.25) is 0 Å². The maximum Gasteiger partial charge on any atom is 0.216 e. The minimum absolute atomic E-state index is 0.0953. The summed E-state index contributed by atoms with van der Waals surface area (Å²) in [5.74, 6) is 0.197. The molecule has 1 aliphatic carbocycles. The summed E-state index contributed by atoms with van der Waals surface area (Å²) in [4.78, 5) is 3.72. The van der Waals surface area contributed by atoms with E-state index in [4.69, 9.17) is 5.73 Å². The van der Waals surface area contributed by atoms with Gasteiger partial charge in [0.25, 0.3) is 0 Å². The van der Waals surface area contributed by atoms with E-state index in [-0.39, 0.29) is 17.3 Å². The largest absolute Gasteiger partial charge is 0.330 e. The van der Waals surface area contributed by atoms with Crippen LogP contribution >= 0.6 is 15.9 Å². The Morgan fingerprint density at radius 1 is 1.60 bits per heavy atom. The zero-order chi connectivity index (χ0) is 11.2. The van der Waals surface area contributed by atoms with Crippen molar-refractivity contribution < 1.29 is 4.39 Å². The van der Waals surface area contributed by atoms with Crippen LogP contribution in [-0.4, -0.2) is 11.5 Å². The average Bonchev–Trinajstić information content (AvgIpc) is 2.72. The molecule has 2 N–H and O–H groups in total. The molecule has 0 unspecified atom stereocenters. The van der Waals surface area contributed by atoms with Gasteiger partial charge in [0.15, 0.2) is 0 Å². The topological polar surface area (TPSA) is 38.9 Å². The molecule has 0 spiro atoms. The molecule has 0 bridgehead atoms. The third-order valence-electron chi connectivity index (χ3n) is 3.47. The lowest BCUT2D eigenvalue weighted by molar-refractivity contribution is 0.538. The Balaban J connectivity index is 2.36. The van der Waals surface area contributed by atoms with Gasteiger partial charge in [0.1, 0.15) is 0 Å². The minimum Gasteiger partial charge on any atom is -0.330 e. The molecule has 0 saturated heterocycles. The van der Waals surface area contributed by atoms with Gasteiger partial charge in [-0.05, 0) is 45.8 Å². The van der Waals surface area contributed by atoms with Crippen molar-refractivity contribution in [3.63, 3.8) is 0 Å². The smallest absolute Gasteiger partial charge is 0.216 e. The number of hydrogen-bond donors (Lipinski definition) is 1. The van der Waals surface area contributed by atoms with Crippen LogP contribution in [0.4, 0.5) is 4.39 Å². The highest BCUT2D eigenvalue weighted by Gasteiger charge is 2.58. The average molecular weight is 273 g/mol. The van der Waals surface area contributed by atoms with Crippen LogP contribution in [-0.2, 0) is 0 Å². The first kappa shape index (κ1) is 11.0. The van der Waals surface area contributed by atoms with E-state index in [0.717, 1.165) is 4.47 Å². The van der Waals surface area contributed by atoms with E-state index in [2.05, 4.69) is 34.8 Å². The van der Waals surface area contributed by atoms with Crippen molar-refractivity contribution in [2.75, 3.05) is 6.54 Å². The number of nitrogens with two attached hydrogens (primary N) is 1. The van der Waals surface area contributed by atoms with Gasteiger partial charge in [0, 0.05) is 16.2 Å². The number of hydrogen-bond acceptors (Lipinski definition) is 2. The monoisotopic (exact) mass is 272 g/mol. The summed E-state index contributed by atoms with van der Waals surface area (Å²) in [6.07, 6.45) is 1.48. The fourth-order valence-electron chi connectivity index (χ4n) is 2.46. The van der Waals surface area contributed by atoms with Crippen LogP contribution in [0.25, 0.3) is 0 Å². The van der Waals surface area contributed by atoms with E-state index in [1.54, 1.807) is 0 Å². The van der Waals surface area contributed by atoms with Crippen molar-refractivity contribution in [1.82, 2.24) is 4.98 Å². The summed E-state index contributed by atoms with van der Waals surface area (Å²) in [5.41, 5.74) is 6.45. The quantitative estimate of drug-likeness (QED) is 0.841. The predicted octanol–water partition coefficient (Wildman–Crippen LogP) is 2.68. The van der Waals surface area contributed by atoms with Crippen molar-refractivity contribution in [2.45, 2.75) is 19.8 Å². The molecule has 2 atom stereocenters. The number of aromatic nitrogens is 1. The van der Waals surface area contributed by atoms with Gasteiger partial charge >= 0.3 is 0 Å². The molecule has 4 heteroatoms. The van der Waals surface area contributed by atoms with E-state index >= 15 is 0 Å². The third kappa shape index (κ3) is 1.70. The van der Waals surface area contributed by atoms with E-state index < -0.39 is 0 Å². The molecular formula is C11H14BrFN2. The molecule has 1 fully saturated rings. The van der Waals surface area contributed by atoms with Gasteiger partial charge < -0.3 is 5.73 Å². The number of pyridine rings is 1. The van der Waals surface area contributed by atoms with E-state index in [1.807, 2.05) is 6.07 Å². The lowest BCUT2D eigenvalue weighted by Gasteiger charge is -2.04. The molecule has 0 radical (unpaired) electrons. The summed E-state index contributed by atoms with van der Waals surface area (Å²) >= 11 is 3.31. The Bertz CT molecular complexity index is 392. The Morgan fingerprint density at radius 2 is 2.27 bits per heavy atom. The first-order valence-corrected chi connectivity index (χ1v) is 5.78. The van der Waals surface area contributed by atoms with Crippen molar-refractivity contribution >= 4 is 15.9 Å². The number of nitrogens with zero attached hydrogens (tertiary/aromatic N) is 1. The Kier molecular flexibility index (Phi) is 2.59. The van der Waals surface area contributed by atoms with Crippen LogP contribution in [0.3, 0.4) is 0 Å². The molecule has 15 heavy (non-hydrogen) atoms. The predicted molar refractivity (Wildman–Crippen MR) is 61.0 cm³/mol. The molecule has 2 nitrogen and oxygen atoms in total. The van der Waals surface area contributed by atoms with Crippen LogP contribution < -0.4 is 5.73 Å². The van der Waals surface area contributed by atoms with Crippen LogP contribution in [0, 0.1) is 17.3 Å². The fraction of sp³-hybridized carbons (Fsp3) is 0.545. The standard InChI is InChI=1S/C11H14BrFN2/c1-11(2)8(4-14)9(11)7-3-6(12)5-15-10(7)13/h3,5,8-9H,4,14H2,1-2H3/t8-,9-/m0/s1. The van der Waals surface area contributed by atoms with Crippen molar-refractivity contribution in [1.29, 1.82) is 0 Å². The third-order valence-corrected chi connectivity index (χ3v) is 3.91.